The number of methoxy groups -OCH3 is 1. The van der Waals surface area contributed by atoms with E-state index in [0.29, 0.717) is 18.0 Å². The minimum Gasteiger partial charge on any atom is -0.496 e. The fourth-order valence-corrected chi connectivity index (χ4v) is 4.00. The van der Waals surface area contributed by atoms with Gasteiger partial charge in [0.15, 0.2) is 4.34 Å². The number of nitrogens with zero attached hydrogens (tertiary/aromatic N) is 2. The molecule has 2 aromatic rings. The number of rotatable bonds is 7. The fourth-order valence-electron chi connectivity index (χ4n) is 1.75. The minimum absolute atomic E-state index is 0.0591. The van der Waals surface area contributed by atoms with Gasteiger partial charge in [-0.15, -0.1) is 10.2 Å². The SMILES string of the molecule is CCSc1nnc(NC(=O)CCc2ccc(OC)c(Br)c2)s1. The van der Waals surface area contributed by atoms with Crippen LogP contribution >= 0.6 is 39.0 Å². The monoisotopic (exact) mass is 401 g/mol. The number of amides is 1. The average molecular weight is 402 g/mol. The number of hydrogen-bond donors (Lipinski definition) is 1. The molecule has 0 saturated carbocycles. The summed E-state index contributed by atoms with van der Waals surface area (Å²) >= 11 is 6.46. The second-order valence-corrected chi connectivity index (χ2v) is 7.67. The van der Waals surface area contributed by atoms with Crippen LogP contribution in [0.15, 0.2) is 27.0 Å². The van der Waals surface area contributed by atoms with Crippen LogP contribution in [0.2, 0.25) is 0 Å². The molecule has 0 spiro atoms. The second-order valence-electron chi connectivity index (χ2n) is 4.32. The lowest BCUT2D eigenvalue weighted by Crippen LogP contribution is -2.12. The van der Waals surface area contributed by atoms with Crippen LogP contribution in [-0.4, -0.2) is 29.0 Å². The number of hydrogen-bond acceptors (Lipinski definition) is 6. The van der Waals surface area contributed by atoms with E-state index in [1.165, 1.54) is 11.3 Å². The highest BCUT2D eigenvalue weighted by Gasteiger charge is 2.09. The van der Waals surface area contributed by atoms with Crippen molar-refractivity contribution in [3.05, 3.63) is 28.2 Å². The zero-order valence-corrected chi connectivity index (χ0v) is 15.5. The molecule has 118 valence electrons. The van der Waals surface area contributed by atoms with E-state index in [1.807, 2.05) is 18.2 Å². The standard InChI is InChI=1S/C14H16BrN3O2S2/c1-3-21-14-18-17-13(22-14)16-12(19)7-5-9-4-6-11(20-2)10(15)8-9/h4,6,8H,3,5,7H2,1-2H3,(H,16,17,19). The van der Waals surface area contributed by atoms with Gasteiger partial charge < -0.3 is 10.1 Å². The first-order chi connectivity index (χ1) is 10.6. The Morgan fingerprint density at radius 1 is 1.45 bits per heavy atom. The first-order valence-electron chi connectivity index (χ1n) is 6.71. The largest absolute Gasteiger partial charge is 0.496 e. The van der Waals surface area contributed by atoms with E-state index in [4.69, 9.17) is 4.74 Å². The maximum Gasteiger partial charge on any atom is 0.226 e. The molecule has 0 bridgehead atoms. The van der Waals surface area contributed by atoms with Crippen molar-refractivity contribution in [2.45, 2.75) is 24.1 Å². The summed E-state index contributed by atoms with van der Waals surface area (Å²) in [5.41, 5.74) is 1.07. The summed E-state index contributed by atoms with van der Waals surface area (Å²) in [5.74, 6) is 1.66. The highest BCUT2D eigenvalue weighted by atomic mass is 79.9. The molecule has 0 unspecified atom stereocenters. The Kier molecular flexibility index (Phi) is 6.66. The summed E-state index contributed by atoms with van der Waals surface area (Å²) in [6, 6.07) is 5.81. The van der Waals surface area contributed by atoms with Gasteiger partial charge in [0.2, 0.25) is 11.0 Å². The number of anilines is 1. The fraction of sp³-hybridized carbons (Fsp3) is 0.357. The molecule has 1 N–H and O–H groups in total. The third-order valence-electron chi connectivity index (χ3n) is 2.78. The van der Waals surface area contributed by atoms with Gasteiger partial charge in [0.05, 0.1) is 11.6 Å². The molecule has 0 saturated heterocycles. The van der Waals surface area contributed by atoms with Gasteiger partial charge in [0.1, 0.15) is 5.75 Å². The van der Waals surface area contributed by atoms with Crippen LogP contribution in [0.3, 0.4) is 0 Å². The Bertz CT molecular complexity index is 649. The van der Waals surface area contributed by atoms with E-state index < -0.39 is 0 Å². The maximum atomic E-state index is 11.9. The van der Waals surface area contributed by atoms with Crippen LogP contribution in [0, 0.1) is 0 Å². The maximum absolute atomic E-state index is 11.9. The molecule has 22 heavy (non-hydrogen) atoms. The molecule has 1 amide bonds. The molecule has 0 radical (unpaired) electrons. The molecule has 1 heterocycles. The van der Waals surface area contributed by atoms with Crippen molar-refractivity contribution in [2.75, 3.05) is 18.2 Å². The number of ether oxygens (including phenoxy) is 1. The van der Waals surface area contributed by atoms with Gasteiger partial charge >= 0.3 is 0 Å². The first kappa shape index (κ1) is 17.2. The van der Waals surface area contributed by atoms with Crippen molar-refractivity contribution < 1.29 is 9.53 Å². The Morgan fingerprint density at radius 2 is 2.27 bits per heavy atom. The van der Waals surface area contributed by atoms with E-state index >= 15 is 0 Å². The van der Waals surface area contributed by atoms with E-state index in [1.54, 1.807) is 18.9 Å². The molecule has 1 aromatic heterocycles. The van der Waals surface area contributed by atoms with Crippen LogP contribution in [0.4, 0.5) is 5.13 Å². The first-order valence-corrected chi connectivity index (χ1v) is 9.30. The lowest BCUT2D eigenvalue weighted by molar-refractivity contribution is -0.116. The quantitative estimate of drug-likeness (QED) is 0.561. The van der Waals surface area contributed by atoms with Crippen molar-refractivity contribution in [1.29, 1.82) is 0 Å². The van der Waals surface area contributed by atoms with Crippen LogP contribution in [0.1, 0.15) is 18.9 Å². The van der Waals surface area contributed by atoms with Crippen LogP contribution in [0.25, 0.3) is 0 Å². The third kappa shape index (κ3) is 4.96. The summed E-state index contributed by atoms with van der Waals surface area (Å²) in [6.07, 6.45) is 1.05. The smallest absolute Gasteiger partial charge is 0.226 e. The third-order valence-corrected chi connectivity index (χ3v) is 5.25. The van der Waals surface area contributed by atoms with Crippen LogP contribution < -0.4 is 10.1 Å². The van der Waals surface area contributed by atoms with Gasteiger partial charge in [-0.2, -0.15) is 0 Å². The Balaban J connectivity index is 1.85. The number of aromatic nitrogens is 2. The van der Waals surface area contributed by atoms with Gasteiger partial charge in [-0.25, -0.2) is 0 Å². The Hall–Kier alpha value is -1.12. The molecule has 0 aliphatic rings. The molecule has 1 aromatic carbocycles. The number of thioether (sulfide) groups is 1. The van der Waals surface area contributed by atoms with Gasteiger partial charge in [-0.05, 0) is 45.8 Å². The molecule has 5 nitrogen and oxygen atoms in total. The van der Waals surface area contributed by atoms with Gasteiger partial charge in [-0.3, -0.25) is 4.79 Å². The van der Waals surface area contributed by atoms with Crippen LogP contribution in [-0.2, 0) is 11.2 Å². The lowest BCUT2D eigenvalue weighted by atomic mass is 10.1. The van der Waals surface area contributed by atoms with Crippen molar-refractivity contribution in [2.24, 2.45) is 0 Å². The molecule has 2 rings (SSSR count). The predicted octanol–water partition coefficient (Wildman–Crippen LogP) is 3.99. The summed E-state index contributed by atoms with van der Waals surface area (Å²) in [4.78, 5) is 11.9. The van der Waals surface area contributed by atoms with E-state index in [9.17, 15) is 4.79 Å². The number of nitrogens with one attached hydrogen (secondary N) is 1. The van der Waals surface area contributed by atoms with E-state index in [2.05, 4.69) is 38.4 Å². The topological polar surface area (TPSA) is 64.1 Å². The molecule has 0 aliphatic heterocycles. The number of aryl methyl sites for hydroxylation is 1. The highest BCUT2D eigenvalue weighted by molar-refractivity contribution is 9.10. The van der Waals surface area contributed by atoms with Gasteiger partial charge in [0.25, 0.3) is 0 Å². The molecular formula is C14H16BrN3O2S2. The molecule has 0 atom stereocenters. The van der Waals surface area contributed by atoms with Gasteiger partial charge in [-0.1, -0.05) is 36.1 Å². The molecule has 0 aliphatic carbocycles. The second kappa shape index (κ2) is 8.50. The lowest BCUT2D eigenvalue weighted by Gasteiger charge is -2.06. The number of carbonyl (C=O) groups excluding carboxylic acids is 1. The van der Waals surface area contributed by atoms with Gasteiger partial charge in [0, 0.05) is 6.42 Å². The molecule has 0 fully saturated rings. The summed E-state index contributed by atoms with van der Waals surface area (Å²) in [5, 5.41) is 11.3. The van der Waals surface area contributed by atoms with Crippen LogP contribution in [0.5, 0.6) is 5.75 Å². The predicted molar refractivity (Wildman–Crippen MR) is 94.0 cm³/mol. The highest BCUT2D eigenvalue weighted by Crippen LogP contribution is 2.27. The number of benzene rings is 1. The van der Waals surface area contributed by atoms with Crippen molar-refractivity contribution in [3.63, 3.8) is 0 Å². The summed E-state index contributed by atoms with van der Waals surface area (Å²) in [7, 11) is 1.63. The van der Waals surface area contributed by atoms with E-state index in [-0.39, 0.29) is 5.91 Å². The summed E-state index contributed by atoms with van der Waals surface area (Å²) < 4.78 is 6.94. The summed E-state index contributed by atoms with van der Waals surface area (Å²) in [6.45, 7) is 2.05. The molecular weight excluding hydrogens is 386 g/mol. The molecule has 8 heteroatoms. The van der Waals surface area contributed by atoms with E-state index in [0.717, 1.165) is 25.9 Å². The number of carbonyl (C=O) groups is 1. The normalized spacial score (nSPS) is 10.5. The van der Waals surface area contributed by atoms with Crippen molar-refractivity contribution >= 4 is 50.1 Å². The van der Waals surface area contributed by atoms with Crippen molar-refractivity contribution in [3.8, 4) is 5.75 Å². The zero-order valence-electron chi connectivity index (χ0n) is 12.3. The number of halogens is 1. The average Bonchev–Trinajstić information content (AvgIpc) is 2.93. The Labute approximate surface area is 146 Å². The minimum atomic E-state index is -0.0591. The zero-order chi connectivity index (χ0) is 15.9. The Morgan fingerprint density at radius 3 is 2.95 bits per heavy atom. The van der Waals surface area contributed by atoms with Crippen molar-refractivity contribution in [1.82, 2.24) is 10.2 Å².